The number of carboxylic acid groups (broad SMARTS) is 1. The Kier molecular flexibility index (Phi) is 6.74. The summed E-state index contributed by atoms with van der Waals surface area (Å²) in [5.74, 6) is -1.54. The van der Waals surface area contributed by atoms with Crippen molar-refractivity contribution in [2.24, 2.45) is 0 Å². The summed E-state index contributed by atoms with van der Waals surface area (Å²) in [5.41, 5.74) is 1.52. The molecule has 2 N–H and O–H groups in total. The molecule has 3 rings (SSSR count). The van der Waals surface area contributed by atoms with Crippen molar-refractivity contribution in [3.8, 4) is 11.5 Å². The predicted molar refractivity (Wildman–Crippen MR) is 111 cm³/mol. The number of esters is 1. The molecule has 10 heteroatoms. The molecular weight excluding hydrogens is 420 g/mol. The van der Waals surface area contributed by atoms with Crippen molar-refractivity contribution >= 4 is 30.0 Å². The molecule has 3 amide bonds. The minimum Gasteiger partial charge on any atom is -0.493 e. The lowest BCUT2D eigenvalue weighted by Crippen LogP contribution is -2.36. The molecule has 0 bridgehead atoms. The van der Waals surface area contributed by atoms with Gasteiger partial charge in [-0.1, -0.05) is 18.2 Å². The monoisotopic (exact) mass is 440 g/mol. The Bertz CT molecular complexity index is 1090. The summed E-state index contributed by atoms with van der Waals surface area (Å²) in [4.78, 5) is 47.4. The summed E-state index contributed by atoms with van der Waals surface area (Å²) in [7, 11) is 2.62. The van der Waals surface area contributed by atoms with E-state index >= 15 is 0 Å². The van der Waals surface area contributed by atoms with Gasteiger partial charge in [0.25, 0.3) is 5.91 Å². The quantitative estimate of drug-likeness (QED) is 0.362. The van der Waals surface area contributed by atoms with E-state index in [1.54, 1.807) is 30.3 Å². The number of amides is 3. The van der Waals surface area contributed by atoms with Gasteiger partial charge in [0.1, 0.15) is 18.8 Å². The molecule has 166 valence electrons. The minimum atomic E-state index is -1.01. The molecule has 0 atom stereocenters. The van der Waals surface area contributed by atoms with Crippen molar-refractivity contribution in [3.63, 3.8) is 0 Å². The van der Waals surface area contributed by atoms with E-state index in [4.69, 9.17) is 14.6 Å². The number of carbonyl (C=O) groups is 4. The number of carbonyl (C=O) groups excluding carboxylic acids is 3. The summed E-state index contributed by atoms with van der Waals surface area (Å²) in [6, 6.07) is 10.5. The van der Waals surface area contributed by atoms with Crippen molar-refractivity contribution in [1.29, 1.82) is 0 Å². The average Bonchev–Trinajstić information content (AvgIpc) is 3.05. The number of nitrogens with one attached hydrogen (secondary N) is 1. The van der Waals surface area contributed by atoms with Gasteiger partial charge in [0.2, 0.25) is 0 Å². The van der Waals surface area contributed by atoms with Gasteiger partial charge in [0, 0.05) is 0 Å². The Morgan fingerprint density at radius 3 is 2.41 bits per heavy atom. The third-order valence-electron chi connectivity index (χ3n) is 4.57. The summed E-state index contributed by atoms with van der Waals surface area (Å²) in [6.45, 7) is -0.296. The first-order chi connectivity index (χ1) is 15.3. The summed E-state index contributed by atoms with van der Waals surface area (Å²) < 4.78 is 15.6. The lowest BCUT2D eigenvalue weighted by molar-refractivity contribution is -0.143. The van der Waals surface area contributed by atoms with Gasteiger partial charge in [-0.2, -0.15) is 0 Å². The number of methoxy groups -OCH3 is 2. The number of imide groups is 1. The van der Waals surface area contributed by atoms with Crippen LogP contribution in [0.3, 0.4) is 0 Å². The highest BCUT2D eigenvalue weighted by Crippen LogP contribution is 2.30. The van der Waals surface area contributed by atoms with Gasteiger partial charge in [-0.05, 0) is 41.5 Å². The second-order valence-corrected chi connectivity index (χ2v) is 6.66. The molecule has 1 heterocycles. The van der Waals surface area contributed by atoms with Gasteiger partial charge in [-0.3, -0.25) is 9.59 Å². The van der Waals surface area contributed by atoms with E-state index in [0.29, 0.717) is 17.1 Å². The van der Waals surface area contributed by atoms with Crippen LogP contribution in [0.25, 0.3) is 6.08 Å². The normalized spacial score (nSPS) is 14.3. The number of hydrogen-bond acceptors (Lipinski definition) is 7. The Balaban J connectivity index is 1.72. The smallest absolute Gasteiger partial charge is 0.335 e. The van der Waals surface area contributed by atoms with E-state index in [9.17, 15) is 19.2 Å². The first-order valence-electron chi connectivity index (χ1n) is 9.36. The third kappa shape index (κ3) is 5.04. The molecular formula is C22H20N2O8. The van der Waals surface area contributed by atoms with Gasteiger partial charge in [-0.15, -0.1) is 0 Å². The van der Waals surface area contributed by atoms with E-state index < -0.39 is 30.4 Å². The van der Waals surface area contributed by atoms with E-state index in [1.165, 1.54) is 32.4 Å². The Morgan fingerprint density at radius 2 is 1.78 bits per heavy atom. The number of ether oxygens (including phenoxy) is 3. The van der Waals surface area contributed by atoms with E-state index in [0.717, 1.165) is 10.5 Å². The number of benzene rings is 2. The summed E-state index contributed by atoms with van der Waals surface area (Å²) in [5, 5.41) is 11.4. The maximum atomic E-state index is 12.4. The van der Waals surface area contributed by atoms with E-state index in [1.807, 2.05) is 0 Å². The van der Waals surface area contributed by atoms with Crippen LogP contribution in [0.5, 0.6) is 11.5 Å². The Hall–Kier alpha value is -4.34. The zero-order valence-electron chi connectivity index (χ0n) is 17.3. The molecule has 0 aliphatic carbocycles. The first-order valence-corrected chi connectivity index (χ1v) is 9.36. The van der Waals surface area contributed by atoms with Crippen molar-refractivity contribution in [2.75, 3.05) is 20.8 Å². The summed E-state index contributed by atoms with van der Waals surface area (Å²) in [6.07, 6.45) is 1.45. The second-order valence-electron chi connectivity index (χ2n) is 6.66. The number of hydrogen-bond donors (Lipinski definition) is 2. The number of rotatable bonds is 8. The van der Waals surface area contributed by atoms with Crippen molar-refractivity contribution in [3.05, 3.63) is 64.9 Å². The fourth-order valence-corrected chi connectivity index (χ4v) is 2.87. The SMILES string of the molecule is COC(=O)CN1C(=O)NC(=Cc2ccc(OCc3ccc(C(=O)O)cc3)c(OC)c2)C1=O. The molecule has 1 aliphatic rings. The van der Waals surface area contributed by atoms with Crippen molar-refractivity contribution < 1.29 is 38.5 Å². The minimum absolute atomic E-state index is 0.00754. The molecule has 1 aliphatic heterocycles. The number of urea groups is 1. The Labute approximate surface area is 183 Å². The van der Waals surface area contributed by atoms with Gasteiger partial charge in [0.15, 0.2) is 11.5 Å². The third-order valence-corrected chi connectivity index (χ3v) is 4.57. The highest BCUT2D eigenvalue weighted by Gasteiger charge is 2.35. The lowest BCUT2D eigenvalue weighted by Gasteiger charge is -2.12. The van der Waals surface area contributed by atoms with Crippen LogP contribution < -0.4 is 14.8 Å². The standard InChI is InChI=1S/C22H20N2O8/c1-30-18-10-14(9-16-20(26)24(22(29)23-16)11-19(25)31-2)5-8-17(18)32-12-13-3-6-15(7-4-13)21(27)28/h3-10H,11-12H2,1-2H3,(H,23,29)(H,27,28). The fraction of sp³-hybridized carbons (Fsp3) is 0.182. The highest BCUT2D eigenvalue weighted by molar-refractivity contribution is 6.15. The molecule has 0 spiro atoms. The number of carboxylic acids is 1. The van der Waals surface area contributed by atoms with E-state index in [2.05, 4.69) is 10.1 Å². The van der Waals surface area contributed by atoms with Crippen molar-refractivity contribution in [1.82, 2.24) is 10.2 Å². The van der Waals surface area contributed by atoms with Crippen molar-refractivity contribution in [2.45, 2.75) is 6.61 Å². The maximum absolute atomic E-state index is 12.4. The lowest BCUT2D eigenvalue weighted by atomic mass is 10.1. The van der Waals surface area contributed by atoms with Gasteiger partial charge in [-0.25, -0.2) is 14.5 Å². The van der Waals surface area contributed by atoms with Crippen LogP contribution in [-0.4, -0.2) is 54.6 Å². The second kappa shape index (κ2) is 9.65. The molecule has 2 aromatic rings. The molecule has 0 unspecified atom stereocenters. The van der Waals surface area contributed by atoms with Crippen LogP contribution in [0, 0.1) is 0 Å². The zero-order chi connectivity index (χ0) is 23.3. The van der Waals surface area contributed by atoms with Crippen LogP contribution in [-0.2, 0) is 20.9 Å². The van der Waals surface area contributed by atoms with Gasteiger partial charge in [0.05, 0.1) is 19.8 Å². The van der Waals surface area contributed by atoms with Crippen LogP contribution in [0.15, 0.2) is 48.2 Å². The topological polar surface area (TPSA) is 131 Å². The fourth-order valence-electron chi connectivity index (χ4n) is 2.87. The average molecular weight is 440 g/mol. The molecule has 0 aromatic heterocycles. The molecule has 0 saturated carbocycles. The maximum Gasteiger partial charge on any atom is 0.335 e. The van der Waals surface area contributed by atoms with Gasteiger partial charge < -0.3 is 24.6 Å². The number of aromatic carboxylic acids is 1. The molecule has 1 saturated heterocycles. The van der Waals surface area contributed by atoms with Crippen LogP contribution >= 0.6 is 0 Å². The zero-order valence-corrected chi connectivity index (χ0v) is 17.3. The molecule has 0 radical (unpaired) electrons. The van der Waals surface area contributed by atoms with Crippen LogP contribution in [0.2, 0.25) is 0 Å². The molecule has 32 heavy (non-hydrogen) atoms. The van der Waals surface area contributed by atoms with Crippen LogP contribution in [0.4, 0.5) is 4.79 Å². The number of nitrogens with zero attached hydrogens (tertiary/aromatic N) is 1. The van der Waals surface area contributed by atoms with E-state index in [-0.39, 0.29) is 17.9 Å². The molecule has 2 aromatic carbocycles. The summed E-state index contributed by atoms with van der Waals surface area (Å²) >= 11 is 0. The molecule has 1 fully saturated rings. The molecule has 10 nitrogen and oxygen atoms in total. The Morgan fingerprint density at radius 1 is 1.06 bits per heavy atom. The predicted octanol–water partition coefficient (Wildman–Crippen LogP) is 2.04. The highest BCUT2D eigenvalue weighted by atomic mass is 16.5. The largest absolute Gasteiger partial charge is 0.493 e. The van der Waals surface area contributed by atoms with Gasteiger partial charge >= 0.3 is 18.0 Å². The van der Waals surface area contributed by atoms with Crippen LogP contribution in [0.1, 0.15) is 21.5 Å². The first kappa shape index (κ1) is 22.3.